The van der Waals surface area contributed by atoms with E-state index in [-0.39, 0.29) is 0 Å². The van der Waals surface area contributed by atoms with Crippen LogP contribution in [-0.4, -0.2) is 13.1 Å². The van der Waals surface area contributed by atoms with Crippen LogP contribution in [-0.2, 0) is 0 Å². The molecule has 4 aromatic carbocycles. The van der Waals surface area contributed by atoms with E-state index in [1.54, 1.807) is 0 Å². The average Bonchev–Trinajstić information content (AvgIpc) is 2.60. The zero-order chi connectivity index (χ0) is 15.6. The Kier molecular flexibility index (Phi) is 3.60. The molecule has 0 bridgehead atoms. The SMILES string of the molecule is NCCCNc1cccc2ccc3cc4ccccc4cc3c12. The van der Waals surface area contributed by atoms with Crippen molar-refractivity contribution in [2.24, 2.45) is 5.73 Å². The van der Waals surface area contributed by atoms with Gasteiger partial charge in [-0.25, -0.2) is 0 Å². The van der Waals surface area contributed by atoms with Crippen molar-refractivity contribution in [2.75, 3.05) is 18.4 Å². The summed E-state index contributed by atoms with van der Waals surface area (Å²) in [5, 5.41) is 11.3. The Labute approximate surface area is 135 Å². The Morgan fingerprint density at radius 1 is 0.739 bits per heavy atom. The quantitative estimate of drug-likeness (QED) is 0.319. The number of rotatable bonds is 4. The number of hydrogen-bond donors (Lipinski definition) is 2. The topological polar surface area (TPSA) is 38.0 Å². The molecule has 4 aromatic rings. The molecule has 0 unspecified atom stereocenters. The van der Waals surface area contributed by atoms with Crippen molar-refractivity contribution in [2.45, 2.75) is 6.42 Å². The molecule has 114 valence electrons. The van der Waals surface area contributed by atoms with Crippen LogP contribution in [0.25, 0.3) is 32.3 Å². The lowest BCUT2D eigenvalue weighted by Crippen LogP contribution is -2.08. The van der Waals surface area contributed by atoms with Crippen LogP contribution in [0.3, 0.4) is 0 Å². The molecule has 2 heteroatoms. The molecule has 0 saturated heterocycles. The summed E-state index contributed by atoms with van der Waals surface area (Å²) >= 11 is 0. The second-order valence-electron chi connectivity index (χ2n) is 5.96. The Bertz CT molecular complexity index is 989. The van der Waals surface area contributed by atoms with Gasteiger partial charge in [0.1, 0.15) is 0 Å². The highest BCUT2D eigenvalue weighted by Gasteiger charge is 2.07. The predicted molar refractivity (Wildman–Crippen MR) is 101 cm³/mol. The first-order valence-electron chi connectivity index (χ1n) is 8.15. The van der Waals surface area contributed by atoms with E-state index in [9.17, 15) is 0 Å². The summed E-state index contributed by atoms with van der Waals surface area (Å²) in [5.41, 5.74) is 6.81. The zero-order valence-corrected chi connectivity index (χ0v) is 13.0. The summed E-state index contributed by atoms with van der Waals surface area (Å²) < 4.78 is 0. The predicted octanol–water partition coefficient (Wildman–Crippen LogP) is 4.91. The van der Waals surface area contributed by atoms with Crippen molar-refractivity contribution in [1.82, 2.24) is 0 Å². The molecular weight excluding hydrogens is 280 g/mol. The summed E-state index contributed by atoms with van der Waals surface area (Å²) in [6.45, 7) is 1.61. The number of nitrogens with two attached hydrogens (primary N) is 1. The van der Waals surface area contributed by atoms with Gasteiger partial charge in [0.25, 0.3) is 0 Å². The van der Waals surface area contributed by atoms with E-state index in [1.807, 2.05) is 0 Å². The molecule has 0 aliphatic rings. The molecule has 0 aliphatic heterocycles. The monoisotopic (exact) mass is 300 g/mol. The van der Waals surface area contributed by atoms with E-state index in [1.165, 1.54) is 38.0 Å². The van der Waals surface area contributed by atoms with E-state index >= 15 is 0 Å². The molecule has 0 atom stereocenters. The van der Waals surface area contributed by atoms with Crippen LogP contribution in [0.15, 0.2) is 66.7 Å². The van der Waals surface area contributed by atoms with Crippen molar-refractivity contribution in [1.29, 1.82) is 0 Å². The lowest BCUT2D eigenvalue weighted by molar-refractivity contribution is 0.875. The van der Waals surface area contributed by atoms with Gasteiger partial charge in [-0.15, -0.1) is 0 Å². The van der Waals surface area contributed by atoms with Crippen molar-refractivity contribution in [3.63, 3.8) is 0 Å². The van der Waals surface area contributed by atoms with Gasteiger partial charge in [-0.2, -0.15) is 0 Å². The van der Waals surface area contributed by atoms with Gasteiger partial charge in [0, 0.05) is 17.6 Å². The molecule has 0 aromatic heterocycles. The fourth-order valence-corrected chi connectivity index (χ4v) is 3.27. The van der Waals surface area contributed by atoms with Crippen LogP contribution in [0, 0.1) is 0 Å². The highest BCUT2D eigenvalue weighted by Crippen LogP contribution is 2.33. The van der Waals surface area contributed by atoms with Gasteiger partial charge in [-0.1, -0.05) is 48.5 Å². The first kappa shape index (κ1) is 14.0. The summed E-state index contributed by atoms with van der Waals surface area (Å²) in [6.07, 6.45) is 0.976. The standard InChI is InChI=1S/C21H20N2/c22-11-4-12-23-20-8-3-7-15-9-10-18-13-16-5-1-2-6-17(16)14-19(18)21(15)20/h1-3,5-10,13-14,23H,4,11-12,22H2. The minimum absolute atomic E-state index is 0.711. The minimum atomic E-state index is 0.711. The summed E-state index contributed by atoms with van der Waals surface area (Å²) in [6, 6.07) is 24.0. The third-order valence-electron chi connectivity index (χ3n) is 4.42. The van der Waals surface area contributed by atoms with Crippen molar-refractivity contribution in [3.8, 4) is 0 Å². The largest absolute Gasteiger partial charge is 0.384 e. The van der Waals surface area contributed by atoms with Crippen LogP contribution in [0.5, 0.6) is 0 Å². The maximum Gasteiger partial charge on any atom is 0.0426 e. The van der Waals surface area contributed by atoms with Crippen LogP contribution < -0.4 is 11.1 Å². The van der Waals surface area contributed by atoms with Gasteiger partial charge in [0.15, 0.2) is 0 Å². The number of anilines is 1. The third-order valence-corrected chi connectivity index (χ3v) is 4.42. The van der Waals surface area contributed by atoms with Crippen LogP contribution in [0.4, 0.5) is 5.69 Å². The van der Waals surface area contributed by atoms with Gasteiger partial charge in [0.05, 0.1) is 0 Å². The van der Waals surface area contributed by atoms with Gasteiger partial charge in [-0.3, -0.25) is 0 Å². The van der Waals surface area contributed by atoms with Gasteiger partial charge < -0.3 is 11.1 Å². The van der Waals surface area contributed by atoms with Crippen molar-refractivity contribution in [3.05, 3.63) is 66.7 Å². The van der Waals surface area contributed by atoms with Gasteiger partial charge >= 0.3 is 0 Å². The van der Waals surface area contributed by atoms with Crippen LogP contribution >= 0.6 is 0 Å². The number of nitrogens with one attached hydrogen (secondary N) is 1. The summed E-state index contributed by atoms with van der Waals surface area (Å²) in [5.74, 6) is 0. The smallest absolute Gasteiger partial charge is 0.0426 e. The van der Waals surface area contributed by atoms with E-state index in [0.29, 0.717) is 6.54 Å². The molecule has 0 amide bonds. The molecular formula is C21H20N2. The lowest BCUT2D eigenvalue weighted by atomic mass is 9.97. The normalized spacial score (nSPS) is 11.3. The lowest BCUT2D eigenvalue weighted by Gasteiger charge is -2.13. The fourth-order valence-electron chi connectivity index (χ4n) is 3.27. The maximum atomic E-state index is 5.62. The van der Waals surface area contributed by atoms with E-state index in [4.69, 9.17) is 5.73 Å². The first-order valence-corrected chi connectivity index (χ1v) is 8.15. The highest BCUT2D eigenvalue weighted by atomic mass is 14.9. The van der Waals surface area contributed by atoms with Gasteiger partial charge in [0.2, 0.25) is 0 Å². The molecule has 0 radical (unpaired) electrons. The summed E-state index contributed by atoms with van der Waals surface area (Å²) in [7, 11) is 0. The highest BCUT2D eigenvalue weighted by molar-refractivity contribution is 6.16. The average molecular weight is 300 g/mol. The van der Waals surface area contributed by atoms with Crippen molar-refractivity contribution < 1.29 is 0 Å². The first-order chi connectivity index (χ1) is 11.4. The molecule has 0 heterocycles. The van der Waals surface area contributed by atoms with E-state index < -0.39 is 0 Å². The molecule has 0 spiro atoms. The van der Waals surface area contributed by atoms with Gasteiger partial charge in [-0.05, 0) is 58.1 Å². The molecule has 0 saturated carbocycles. The van der Waals surface area contributed by atoms with Crippen molar-refractivity contribution >= 4 is 38.0 Å². The Balaban J connectivity index is 1.99. The molecule has 2 nitrogen and oxygen atoms in total. The molecule has 3 N–H and O–H groups in total. The van der Waals surface area contributed by atoms with Crippen LogP contribution in [0.2, 0.25) is 0 Å². The minimum Gasteiger partial charge on any atom is -0.384 e. The van der Waals surface area contributed by atoms with E-state index in [0.717, 1.165) is 13.0 Å². The zero-order valence-electron chi connectivity index (χ0n) is 13.0. The Morgan fingerprint density at radius 3 is 2.30 bits per heavy atom. The number of fused-ring (bicyclic) bond motifs is 4. The van der Waals surface area contributed by atoms with E-state index in [2.05, 4.69) is 72.0 Å². The third kappa shape index (κ3) is 2.51. The second-order valence-corrected chi connectivity index (χ2v) is 5.96. The van der Waals surface area contributed by atoms with Crippen LogP contribution in [0.1, 0.15) is 6.42 Å². The Hall–Kier alpha value is -2.58. The summed E-state index contributed by atoms with van der Waals surface area (Å²) in [4.78, 5) is 0. The molecule has 23 heavy (non-hydrogen) atoms. The second kappa shape index (κ2) is 5.90. The number of benzene rings is 4. The molecule has 0 aliphatic carbocycles. The Morgan fingerprint density at radius 2 is 1.48 bits per heavy atom. The molecule has 4 rings (SSSR count). The fraction of sp³-hybridized carbons (Fsp3) is 0.143. The number of hydrogen-bond acceptors (Lipinski definition) is 2. The molecule has 0 fully saturated rings. The maximum absolute atomic E-state index is 5.62.